The van der Waals surface area contributed by atoms with Crippen LogP contribution in [0.25, 0.3) is 0 Å². The van der Waals surface area contributed by atoms with Gasteiger partial charge in [-0.3, -0.25) is 4.68 Å². The summed E-state index contributed by atoms with van der Waals surface area (Å²) in [6.07, 6.45) is 5.26. The molecular weight excluding hydrogens is 186 g/mol. The molecule has 84 valence electrons. The van der Waals surface area contributed by atoms with Gasteiger partial charge in [-0.25, -0.2) is 0 Å². The first-order chi connectivity index (χ1) is 7.11. The molecule has 0 spiro atoms. The molecule has 3 nitrogen and oxygen atoms in total. The van der Waals surface area contributed by atoms with E-state index in [1.807, 2.05) is 11.7 Å². The molecule has 0 radical (unpaired) electrons. The summed E-state index contributed by atoms with van der Waals surface area (Å²) in [5.41, 5.74) is 9.98. The summed E-state index contributed by atoms with van der Waals surface area (Å²) in [6, 6.07) is 0.196. The summed E-state index contributed by atoms with van der Waals surface area (Å²) < 4.78 is 1.94. The van der Waals surface area contributed by atoms with E-state index in [2.05, 4.69) is 18.9 Å². The molecule has 3 heteroatoms. The van der Waals surface area contributed by atoms with Gasteiger partial charge in [0, 0.05) is 24.3 Å². The number of aromatic nitrogens is 2. The summed E-state index contributed by atoms with van der Waals surface area (Å²) in [5, 5.41) is 4.44. The predicted molar refractivity (Wildman–Crippen MR) is 61.6 cm³/mol. The Bertz CT molecular complexity index is 348. The molecule has 1 aromatic rings. The molecule has 1 heterocycles. The molecule has 1 atom stereocenters. The topological polar surface area (TPSA) is 43.8 Å². The van der Waals surface area contributed by atoms with Gasteiger partial charge in [0.05, 0.1) is 5.69 Å². The largest absolute Gasteiger partial charge is 0.324 e. The maximum atomic E-state index is 6.36. The zero-order chi connectivity index (χ0) is 11.0. The van der Waals surface area contributed by atoms with Crippen LogP contribution >= 0.6 is 0 Å². The van der Waals surface area contributed by atoms with Gasteiger partial charge >= 0.3 is 0 Å². The van der Waals surface area contributed by atoms with Crippen LogP contribution in [0.5, 0.6) is 0 Å². The average Bonchev–Trinajstić information content (AvgIpc) is 2.76. The Morgan fingerprint density at radius 1 is 1.33 bits per heavy atom. The first-order valence-corrected chi connectivity index (χ1v) is 5.87. The van der Waals surface area contributed by atoms with Gasteiger partial charge in [-0.1, -0.05) is 12.8 Å². The highest BCUT2D eigenvalue weighted by Gasteiger charge is 2.27. The summed E-state index contributed by atoms with van der Waals surface area (Å²) in [7, 11) is 1.99. The number of hydrogen-bond acceptors (Lipinski definition) is 2. The first kappa shape index (κ1) is 10.7. The van der Waals surface area contributed by atoms with Crippen molar-refractivity contribution in [3.8, 4) is 0 Å². The Morgan fingerprint density at radius 2 is 1.93 bits per heavy atom. The number of aryl methyl sites for hydroxylation is 2. The van der Waals surface area contributed by atoms with Gasteiger partial charge in [-0.05, 0) is 32.6 Å². The molecule has 0 aromatic carbocycles. The molecule has 1 saturated carbocycles. The van der Waals surface area contributed by atoms with Crippen LogP contribution < -0.4 is 5.73 Å². The van der Waals surface area contributed by atoms with E-state index in [0.717, 1.165) is 5.69 Å². The molecule has 1 aliphatic carbocycles. The smallest absolute Gasteiger partial charge is 0.0644 e. The van der Waals surface area contributed by atoms with E-state index in [9.17, 15) is 0 Å². The fourth-order valence-electron chi connectivity index (χ4n) is 2.82. The summed E-state index contributed by atoms with van der Waals surface area (Å²) in [6.45, 7) is 4.18. The van der Waals surface area contributed by atoms with Crippen LogP contribution in [0, 0.1) is 19.8 Å². The number of rotatable bonds is 2. The van der Waals surface area contributed by atoms with Gasteiger partial charge in [0.25, 0.3) is 0 Å². The van der Waals surface area contributed by atoms with E-state index in [4.69, 9.17) is 5.73 Å². The molecule has 0 amide bonds. The lowest BCUT2D eigenvalue weighted by molar-refractivity contribution is 0.441. The van der Waals surface area contributed by atoms with Crippen molar-refractivity contribution < 1.29 is 0 Å². The van der Waals surface area contributed by atoms with Crippen LogP contribution in [0.3, 0.4) is 0 Å². The minimum Gasteiger partial charge on any atom is -0.324 e. The third kappa shape index (κ3) is 1.81. The van der Waals surface area contributed by atoms with Gasteiger partial charge < -0.3 is 5.73 Å². The lowest BCUT2D eigenvalue weighted by Crippen LogP contribution is -2.20. The quantitative estimate of drug-likeness (QED) is 0.808. The zero-order valence-electron chi connectivity index (χ0n) is 9.95. The minimum atomic E-state index is 0.196. The fraction of sp³-hybridized carbons (Fsp3) is 0.750. The summed E-state index contributed by atoms with van der Waals surface area (Å²) >= 11 is 0. The molecule has 1 aromatic heterocycles. The highest BCUT2D eigenvalue weighted by molar-refractivity contribution is 5.28. The maximum absolute atomic E-state index is 6.36. The van der Waals surface area contributed by atoms with E-state index >= 15 is 0 Å². The van der Waals surface area contributed by atoms with Crippen molar-refractivity contribution in [1.82, 2.24) is 9.78 Å². The average molecular weight is 207 g/mol. The molecule has 1 aliphatic rings. The molecule has 0 bridgehead atoms. The van der Waals surface area contributed by atoms with Crippen molar-refractivity contribution in [2.75, 3.05) is 0 Å². The maximum Gasteiger partial charge on any atom is 0.0644 e. The van der Waals surface area contributed by atoms with Crippen molar-refractivity contribution in [1.29, 1.82) is 0 Å². The van der Waals surface area contributed by atoms with Crippen molar-refractivity contribution in [3.05, 3.63) is 17.0 Å². The normalized spacial score (nSPS) is 19.7. The highest BCUT2D eigenvalue weighted by Crippen LogP contribution is 2.36. The van der Waals surface area contributed by atoms with Crippen molar-refractivity contribution in [3.63, 3.8) is 0 Å². The lowest BCUT2D eigenvalue weighted by atomic mass is 9.91. The minimum absolute atomic E-state index is 0.196. The Balaban J connectivity index is 2.27. The molecule has 1 unspecified atom stereocenters. The lowest BCUT2D eigenvalue weighted by Gasteiger charge is -2.19. The molecule has 2 rings (SSSR count). The molecule has 2 N–H and O–H groups in total. The SMILES string of the molecule is Cc1nn(C)c(C)c1C(N)C1CCCC1. The third-order valence-corrected chi connectivity index (χ3v) is 3.81. The highest BCUT2D eigenvalue weighted by atomic mass is 15.3. The van der Waals surface area contributed by atoms with Gasteiger partial charge in [-0.15, -0.1) is 0 Å². The van der Waals surface area contributed by atoms with E-state index in [0.29, 0.717) is 5.92 Å². The third-order valence-electron chi connectivity index (χ3n) is 3.81. The Kier molecular flexibility index (Phi) is 2.83. The second kappa shape index (κ2) is 3.97. The fourth-order valence-corrected chi connectivity index (χ4v) is 2.82. The predicted octanol–water partition coefficient (Wildman–Crippen LogP) is 2.23. The number of nitrogens with two attached hydrogens (primary N) is 1. The number of hydrogen-bond donors (Lipinski definition) is 1. The van der Waals surface area contributed by atoms with Gasteiger partial charge in [-0.2, -0.15) is 5.10 Å². The standard InChI is InChI=1S/C12H21N3/c1-8-11(9(2)15(3)14-8)12(13)10-6-4-5-7-10/h10,12H,4-7,13H2,1-3H3. The van der Waals surface area contributed by atoms with Gasteiger partial charge in [0.15, 0.2) is 0 Å². The second-order valence-electron chi connectivity index (χ2n) is 4.78. The van der Waals surface area contributed by atoms with Crippen molar-refractivity contribution >= 4 is 0 Å². The van der Waals surface area contributed by atoms with Gasteiger partial charge in [0.2, 0.25) is 0 Å². The van der Waals surface area contributed by atoms with E-state index in [1.54, 1.807) is 0 Å². The molecular formula is C12H21N3. The number of nitrogens with zero attached hydrogens (tertiary/aromatic N) is 2. The Morgan fingerprint density at radius 3 is 2.40 bits per heavy atom. The van der Waals surface area contributed by atoms with Crippen LogP contribution in [0.1, 0.15) is 48.7 Å². The van der Waals surface area contributed by atoms with Crippen LogP contribution in [0.2, 0.25) is 0 Å². The Hall–Kier alpha value is -0.830. The summed E-state index contributed by atoms with van der Waals surface area (Å²) in [4.78, 5) is 0. The molecule has 0 aliphatic heterocycles. The van der Waals surface area contributed by atoms with E-state index < -0.39 is 0 Å². The molecule has 0 saturated heterocycles. The monoisotopic (exact) mass is 207 g/mol. The zero-order valence-corrected chi connectivity index (χ0v) is 9.95. The van der Waals surface area contributed by atoms with Crippen molar-refractivity contribution in [2.45, 2.75) is 45.6 Å². The van der Waals surface area contributed by atoms with Crippen LogP contribution in [-0.2, 0) is 7.05 Å². The van der Waals surface area contributed by atoms with E-state index in [1.165, 1.54) is 36.9 Å². The van der Waals surface area contributed by atoms with Gasteiger partial charge in [0.1, 0.15) is 0 Å². The molecule has 1 fully saturated rings. The first-order valence-electron chi connectivity index (χ1n) is 5.87. The Labute approximate surface area is 91.7 Å². The molecule has 15 heavy (non-hydrogen) atoms. The summed E-state index contributed by atoms with van der Waals surface area (Å²) in [5.74, 6) is 0.673. The van der Waals surface area contributed by atoms with Crippen LogP contribution in [-0.4, -0.2) is 9.78 Å². The van der Waals surface area contributed by atoms with E-state index in [-0.39, 0.29) is 6.04 Å². The van der Waals surface area contributed by atoms with Crippen molar-refractivity contribution in [2.24, 2.45) is 18.7 Å². The van der Waals surface area contributed by atoms with Crippen LogP contribution in [0.4, 0.5) is 0 Å². The second-order valence-corrected chi connectivity index (χ2v) is 4.78. The van der Waals surface area contributed by atoms with Crippen LogP contribution in [0.15, 0.2) is 0 Å².